The maximum absolute atomic E-state index is 11.7. The van der Waals surface area contributed by atoms with Gasteiger partial charge in [0.05, 0.1) is 12.3 Å². The molecule has 1 aliphatic rings. The predicted molar refractivity (Wildman–Crippen MR) is 102 cm³/mol. The maximum atomic E-state index is 11.7. The molecule has 1 heterocycles. The van der Waals surface area contributed by atoms with Gasteiger partial charge in [0, 0.05) is 6.20 Å². The topological polar surface area (TPSA) is 44.1 Å². The fourth-order valence-electron chi connectivity index (χ4n) is 3.13. The number of rotatable bonds is 5. The highest BCUT2D eigenvalue weighted by atomic mass is 16.5. The molecule has 0 radical (unpaired) electrons. The summed E-state index contributed by atoms with van der Waals surface area (Å²) < 4.78 is 6.66. The largest absolute Gasteiger partial charge is 0.461 e. The monoisotopic (exact) mass is 346 g/mol. The Kier molecular flexibility index (Phi) is 4.11. The third kappa shape index (κ3) is 3.15. The second-order valence-electron chi connectivity index (χ2n) is 7.05. The van der Waals surface area contributed by atoms with Crippen LogP contribution < -0.4 is 0 Å². The molecule has 0 spiro atoms. The van der Waals surface area contributed by atoms with E-state index in [4.69, 9.17) is 4.74 Å². The Morgan fingerprint density at radius 2 is 1.65 bits per heavy atom. The Balaban J connectivity index is 1.52. The number of carbonyl (C=O) groups is 1. The summed E-state index contributed by atoms with van der Waals surface area (Å²) >= 11 is 0. The van der Waals surface area contributed by atoms with Crippen LogP contribution in [-0.4, -0.2) is 22.4 Å². The lowest BCUT2D eigenvalue weighted by molar-refractivity contribution is 0.0519. The third-order valence-corrected chi connectivity index (χ3v) is 5.12. The Morgan fingerprint density at radius 1 is 1.04 bits per heavy atom. The van der Waals surface area contributed by atoms with Crippen LogP contribution in [0.25, 0.3) is 16.8 Å². The van der Waals surface area contributed by atoms with Gasteiger partial charge in [0.15, 0.2) is 5.69 Å². The Bertz CT molecular complexity index is 920. The van der Waals surface area contributed by atoms with E-state index >= 15 is 0 Å². The van der Waals surface area contributed by atoms with Crippen LogP contribution in [0.5, 0.6) is 0 Å². The summed E-state index contributed by atoms with van der Waals surface area (Å²) in [5.41, 5.74) is 5.43. The fourth-order valence-corrected chi connectivity index (χ4v) is 3.13. The van der Waals surface area contributed by atoms with Gasteiger partial charge in [0.1, 0.15) is 0 Å². The number of nitrogens with zero attached hydrogens (tertiary/aromatic N) is 2. The zero-order chi connectivity index (χ0) is 18.1. The van der Waals surface area contributed by atoms with Gasteiger partial charge in [-0.3, -0.25) is 0 Å². The van der Waals surface area contributed by atoms with Crippen LogP contribution in [0.15, 0.2) is 60.8 Å². The first-order chi connectivity index (χ1) is 12.6. The van der Waals surface area contributed by atoms with E-state index in [2.05, 4.69) is 48.4 Å². The number of benzene rings is 2. The summed E-state index contributed by atoms with van der Waals surface area (Å²) in [7, 11) is 0. The lowest BCUT2D eigenvalue weighted by Gasteiger charge is -2.10. The van der Waals surface area contributed by atoms with E-state index in [0.29, 0.717) is 17.7 Å². The van der Waals surface area contributed by atoms with Gasteiger partial charge in [0.25, 0.3) is 0 Å². The predicted octanol–water partition coefficient (Wildman–Crippen LogP) is 4.77. The molecule has 4 rings (SSSR count). The SMILES string of the molecule is CCOC(=O)c1ccn(-c2ccc(-c3ccc(C4(C)CC4)cc3)cc2)n1. The molecule has 132 valence electrons. The number of carbonyl (C=O) groups excluding carboxylic acids is 1. The molecule has 1 fully saturated rings. The molecule has 3 aromatic rings. The minimum absolute atomic E-state index is 0.320. The molecular formula is C22H22N2O2. The lowest BCUT2D eigenvalue weighted by atomic mass is 9.95. The zero-order valence-corrected chi connectivity index (χ0v) is 15.1. The van der Waals surface area contributed by atoms with Crippen molar-refractivity contribution in [2.45, 2.75) is 32.1 Å². The molecule has 1 saturated carbocycles. The van der Waals surface area contributed by atoms with Gasteiger partial charge in [-0.2, -0.15) is 5.10 Å². The van der Waals surface area contributed by atoms with Gasteiger partial charge in [-0.05, 0) is 60.1 Å². The molecule has 0 atom stereocenters. The average molecular weight is 346 g/mol. The van der Waals surface area contributed by atoms with Gasteiger partial charge in [-0.25, -0.2) is 9.48 Å². The van der Waals surface area contributed by atoms with Crippen molar-refractivity contribution < 1.29 is 9.53 Å². The first-order valence-electron chi connectivity index (χ1n) is 9.03. The molecule has 0 N–H and O–H groups in total. The van der Waals surface area contributed by atoms with Gasteiger partial charge in [-0.15, -0.1) is 0 Å². The van der Waals surface area contributed by atoms with Crippen LogP contribution in [0.1, 0.15) is 42.7 Å². The Morgan fingerprint density at radius 3 is 2.23 bits per heavy atom. The van der Waals surface area contributed by atoms with E-state index < -0.39 is 5.97 Å². The number of hydrogen-bond acceptors (Lipinski definition) is 3. The smallest absolute Gasteiger partial charge is 0.358 e. The molecule has 0 aliphatic heterocycles. The molecule has 0 amide bonds. The summed E-state index contributed by atoms with van der Waals surface area (Å²) in [6.07, 6.45) is 4.35. The van der Waals surface area contributed by atoms with Gasteiger partial charge in [-0.1, -0.05) is 43.3 Å². The van der Waals surface area contributed by atoms with Crippen molar-refractivity contribution in [2.75, 3.05) is 6.61 Å². The molecular weight excluding hydrogens is 324 g/mol. The molecule has 1 aromatic heterocycles. The molecule has 4 nitrogen and oxygen atoms in total. The Hall–Kier alpha value is -2.88. The van der Waals surface area contributed by atoms with Crippen molar-refractivity contribution >= 4 is 5.97 Å². The normalized spacial score (nSPS) is 14.8. The first kappa shape index (κ1) is 16.6. The summed E-state index contributed by atoms with van der Waals surface area (Å²) in [5, 5.41) is 4.29. The van der Waals surface area contributed by atoms with Crippen molar-refractivity contribution in [3.8, 4) is 16.8 Å². The Labute approximate surface area is 153 Å². The van der Waals surface area contributed by atoms with Crippen LogP contribution in [0.2, 0.25) is 0 Å². The summed E-state index contributed by atoms with van der Waals surface area (Å²) in [6.45, 7) is 4.45. The molecule has 4 heteroatoms. The number of aromatic nitrogens is 2. The van der Waals surface area contributed by atoms with Crippen molar-refractivity contribution in [1.29, 1.82) is 0 Å². The van der Waals surface area contributed by atoms with Gasteiger partial charge >= 0.3 is 5.97 Å². The highest BCUT2D eigenvalue weighted by molar-refractivity contribution is 5.87. The van der Waals surface area contributed by atoms with E-state index in [1.54, 1.807) is 23.9 Å². The summed E-state index contributed by atoms with van der Waals surface area (Å²) in [5.74, 6) is -0.396. The van der Waals surface area contributed by atoms with E-state index in [1.807, 2.05) is 12.1 Å². The number of esters is 1. The van der Waals surface area contributed by atoms with E-state index in [-0.39, 0.29) is 0 Å². The second-order valence-corrected chi connectivity index (χ2v) is 7.05. The number of hydrogen-bond donors (Lipinski definition) is 0. The standard InChI is InChI=1S/C22H22N2O2/c1-3-26-21(25)20-12-15-24(23-20)19-10-6-17(7-11-19)16-4-8-18(9-5-16)22(2)13-14-22/h4-12,15H,3,13-14H2,1-2H3. The summed E-state index contributed by atoms with van der Waals surface area (Å²) in [6, 6.07) is 18.7. The molecule has 2 aromatic carbocycles. The zero-order valence-electron chi connectivity index (χ0n) is 15.1. The van der Waals surface area contributed by atoms with Crippen LogP contribution in [-0.2, 0) is 10.2 Å². The molecule has 1 aliphatic carbocycles. The van der Waals surface area contributed by atoms with Crippen LogP contribution in [0.3, 0.4) is 0 Å². The fraction of sp³-hybridized carbons (Fsp3) is 0.273. The van der Waals surface area contributed by atoms with Crippen molar-refractivity contribution in [3.05, 3.63) is 72.1 Å². The maximum Gasteiger partial charge on any atom is 0.358 e. The first-order valence-corrected chi connectivity index (χ1v) is 9.03. The van der Waals surface area contributed by atoms with E-state index in [1.165, 1.54) is 29.5 Å². The van der Waals surface area contributed by atoms with E-state index in [9.17, 15) is 4.79 Å². The average Bonchev–Trinajstić information content (AvgIpc) is 3.23. The highest BCUT2D eigenvalue weighted by Gasteiger charge is 2.38. The van der Waals surface area contributed by atoms with Gasteiger partial charge < -0.3 is 4.74 Å². The molecule has 0 bridgehead atoms. The quantitative estimate of drug-likeness (QED) is 0.625. The van der Waals surface area contributed by atoms with E-state index in [0.717, 1.165) is 5.69 Å². The molecule has 0 unspecified atom stereocenters. The minimum Gasteiger partial charge on any atom is -0.461 e. The van der Waals surface area contributed by atoms with Crippen LogP contribution in [0, 0.1) is 0 Å². The van der Waals surface area contributed by atoms with Crippen molar-refractivity contribution in [2.24, 2.45) is 0 Å². The second kappa shape index (κ2) is 6.45. The van der Waals surface area contributed by atoms with Crippen molar-refractivity contribution in [3.63, 3.8) is 0 Å². The van der Waals surface area contributed by atoms with Gasteiger partial charge in [0.2, 0.25) is 0 Å². The minimum atomic E-state index is -0.396. The lowest BCUT2D eigenvalue weighted by Crippen LogP contribution is -2.06. The molecule has 26 heavy (non-hydrogen) atoms. The van der Waals surface area contributed by atoms with Crippen LogP contribution in [0.4, 0.5) is 0 Å². The number of ether oxygens (including phenoxy) is 1. The summed E-state index contributed by atoms with van der Waals surface area (Å²) in [4.78, 5) is 11.7. The molecule has 0 saturated heterocycles. The highest BCUT2D eigenvalue weighted by Crippen LogP contribution is 2.47. The van der Waals surface area contributed by atoms with Crippen LogP contribution >= 0.6 is 0 Å². The third-order valence-electron chi connectivity index (χ3n) is 5.12. The van der Waals surface area contributed by atoms with Crippen molar-refractivity contribution in [1.82, 2.24) is 9.78 Å².